The van der Waals surface area contributed by atoms with Crippen LogP contribution in [0.5, 0.6) is 0 Å². The predicted octanol–water partition coefficient (Wildman–Crippen LogP) is 5.08. The van der Waals surface area contributed by atoms with E-state index >= 15 is 0 Å². The number of carboxylic acid groups (broad SMARTS) is 1. The molecule has 0 aliphatic heterocycles. The number of rotatable bonds is 8. The smallest absolute Gasteiger partial charge is 0.303 e. The topological polar surface area (TPSA) is 82.2 Å². The number of H-pyrrole nitrogens is 1. The van der Waals surface area contributed by atoms with Gasteiger partial charge in [0, 0.05) is 29.1 Å². The molecule has 1 heterocycles. The first-order chi connectivity index (χ1) is 15.9. The SMILES string of the molecule is Cc1ccc(F)c(C(NC(=O)Cc2ccc3[nH]cc(CCC(=O)O)c3c2)c2ccccc2)c1. The van der Waals surface area contributed by atoms with Gasteiger partial charge in [-0.2, -0.15) is 0 Å². The summed E-state index contributed by atoms with van der Waals surface area (Å²) in [7, 11) is 0. The third-order valence-electron chi connectivity index (χ3n) is 5.71. The monoisotopic (exact) mass is 444 g/mol. The molecule has 0 fully saturated rings. The van der Waals surface area contributed by atoms with Gasteiger partial charge in [-0.05, 0) is 48.2 Å². The number of benzene rings is 3. The second-order valence-electron chi connectivity index (χ2n) is 8.20. The zero-order valence-electron chi connectivity index (χ0n) is 18.3. The van der Waals surface area contributed by atoms with Crippen molar-refractivity contribution in [2.45, 2.75) is 32.2 Å². The van der Waals surface area contributed by atoms with E-state index in [0.29, 0.717) is 12.0 Å². The molecule has 4 rings (SSSR count). The van der Waals surface area contributed by atoms with E-state index in [1.807, 2.05) is 61.7 Å². The molecular formula is C27H25FN2O3. The molecule has 3 aromatic carbocycles. The Morgan fingerprint density at radius 1 is 1.06 bits per heavy atom. The number of aromatic nitrogens is 1. The fraction of sp³-hybridized carbons (Fsp3) is 0.185. The predicted molar refractivity (Wildman–Crippen MR) is 126 cm³/mol. The molecule has 0 spiro atoms. The number of carboxylic acids is 1. The average molecular weight is 445 g/mol. The zero-order chi connectivity index (χ0) is 23.4. The van der Waals surface area contributed by atoms with Gasteiger partial charge in [-0.3, -0.25) is 9.59 Å². The lowest BCUT2D eigenvalue weighted by Crippen LogP contribution is -2.31. The van der Waals surface area contributed by atoms with Gasteiger partial charge in [0.15, 0.2) is 0 Å². The van der Waals surface area contributed by atoms with Crippen LogP contribution in [0.15, 0.2) is 72.9 Å². The Hall–Kier alpha value is -3.93. The molecule has 1 aromatic heterocycles. The maximum absolute atomic E-state index is 14.7. The highest BCUT2D eigenvalue weighted by Gasteiger charge is 2.21. The van der Waals surface area contributed by atoms with E-state index in [1.165, 1.54) is 6.07 Å². The molecule has 0 aliphatic rings. The number of carbonyl (C=O) groups excluding carboxylic acids is 1. The lowest BCUT2D eigenvalue weighted by molar-refractivity contribution is -0.137. The summed E-state index contributed by atoms with van der Waals surface area (Å²) < 4.78 is 14.7. The van der Waals surface area contributed by atoms with Crippen molar-refractivity contribution in [2.24, 2.45) is 0 Å². The van der Waals surface area contributed by atoms with Gasteiger partial charge >= 0.3 is 5.97 Å². The number of aryl methyl sites for hydroxylation is 2. The Labute approximate surface area is 191 Å². The van der Waals surface area contributed by atoms with E-state index in [2.05, 4.69) is 10.3 Å². The van der Waals surface area contributed by atoms with E-state index in [9.17, 15) is 14.0 Å². The number of carbonyl (C=O) groups is 2. The molecule has 0 saturated heterocycles. The molecule has 1 atom stereocenters. The van der Waals surface area contributed by atoms with Crippen LogP contribution in [0.25, 0.3) is 10.9 Å². The summed E-state index contributed by atoms with van der Waals surface area (Å²) in [6.07, 6.45) is 2.38. The molecule has 0 bridgehead atoms. The first-order valence-electron chi connectivity index (χ1n) is 10.8. The Kier molecular flexibility index (Phi) is 6.54. The average Bonchev–Trinajstić information content (AvgIpc) is 3.20. The summed E-state index contributed by atoms with van der Waals surface area (Å²) in [4.78, 5) is 27.1. The fourth-order valence-corrected chi connectivity index (χ4v) is 4.05. The normalized spacial score (nSPS) is 11.9. The third-order valence-corrected chi connectivity index (χ3v) is 5.71. The van der Waals surface area contributed by atoms with Gasteiger partial charge in [0.25, 0.3) is 0 Å². The first-order valence-corrected chi connectivity index (χ1v) is 10.8. The minimum absolute atomic E-state index is 0.0402. The van der Waals surface area contributed by atoms with Crippen molar-refractivity contribution in [3.05, 3.63) is 107 Å². The third kappa shape index (κ3) is 5.29. The summed E-state index contributed by atoms with van der Waals surface area (Å²) >= 11 is 0. The van der Waals surface area contributed by atoms with Crippen LogP contribution in [0.3, 0.4) is 0 Å². The molecule has 168 valence electrons. The van der Waals surface area contributed by atoms with Crippen LogP contribution in [0.4, 0.5) is 4.39 Å². The summed E-state index contributed by atoms with van der Waals surface area (Å²) in [6, 6.07) is 19.3. The van der Waals surface area contributed by atoms with Gasteiger partial charge < -0.3 is 15.4 Å². The van der Waals surface area contributed by atoms with Crippen LogP contribution in [0.1, 0.15) is 40.3 Å². The highest BCUT2D eigenvalue weighted by atomic mass is 19.1. The van der Waals surface area contributed by atoms with E-state index in [4.69, 9.17) is 5.11 Å². The summed E-state index contributed by atoms with van der Waals surface area (Å²) in [6.45, 7) is 1.89. The second-order valence-corrected chi connectivity index (χ2v) is 8.20. The molecular weight excluding hydrogens is 419 g/mol. The highest BCUT2D eigenvalue weighted by Crippen LogP contribution is 2.26. The van der Waals surface area contributed by atoms with Crippen LogP contribution in [0.2, 0.25) is 0 Å². The molecule has 0 saturated carbocycles. The lowest BCUT2D eigenvalue weighted by Gasteiger charge is -2.21. The van der Waals surface area contributed by atoms with Gasteiger partial charge in [0.2, 0.25) is 5.91 Å². The number of aromatic amines is 1. The van der Waals surface area contributed by atoms with Gasteiger partial charge in [0.1, 0.15) is 5.82 Å². The lowest BCUT2D eigenvalue weighted by atomic mass is 9.96. The van der Waals surface area contributed by atoms with Crippen LogP contribution in [-0.4, -0.2) is 22.0 Å². The molecule has 1 unspecified atom stereocenters. The van der Waals surface area contributed by atoms with Crippen LogP contribution >= 0.6 is 0 Å². The number of hydrogen-bond acceptors (Lipinski definition) is 2. The van der Waals surface area contributed by atoms with Crippen LogP contribution < -0.4 is 5.32 Å². The molecule has 4 aromatic rings. The summed E-state index contributed by atoms with van der Waals surface area (Å²) in [5, 5.41) is 12.9. The van der Waals surface area contributed by atoms with Crippen molar-refractivity contribution >= 4 is 22.8 Å². The van der Waals surface area contributed by atoms with Crippen molar-refractivity contribution in [3.8, 4) is 0 Å². The number of halogens is 1. The zero-order valence-corrected chi connectivity index (χ0v) is 18.3. The number of hydrogen-bond donors (Lipinski definition) is 3. The van der Waals surface area contributed by atoms with E-state index in [0.717, 1.165) is 33.2 Å². The number of aliphatic carboxylic acids is 1. The van der Waals surface area contributed by atoms with Crippen molar-refractivity contribution in [1.82, 2.24) is 10.3 Å². The molecule has 6 heteroatoms. The van der Waals surface area contributed by atoms with Gasteiger partial charge in [-0.25, -0.2) is 4.39 Å². The highest BCUT2D eigenvalue weighted by molar-refractivity contribution is 5.86. The van der Waals surface area contributed by atoms with Crippen molar-refractivity contribution in [2.75, 3.05) is 0 Å². The van der Waals surface area contributed by atoms with Gasteiger partial charge in [0.05, 0.1) is 12.5 Å². The van der Waals surface area contributed by atoms with Crippen molar-refractivity contribution in [3.63, 3.8) is 0 Å². The standard InChI is InChI=1S/C27H25FN2O3/c1-17-7-10-23(28)22(13-17)27(19-5-3-2-4-6-19)30-25(31)15-18-8-11-24-21(14-18)20(16-29-24)9-12-26(32)33/h2-8,10-11,13-14,16,27,29H,9,12,15H2,1H3,(H,30,31)(H,32,33). The van der Waals surface area contributed by atoms with E-state index in [1.54, 1.807) is 12.1 Å². The van der Waals surface area contributed by atoms with E-state index < -0.39 is 12.0 Å². The van der Waals surface area contributed by atoms with Gasteiger partial charge in [-0.1, -0.05) is 54.1 Å². The van der Waals surface area contributed by atoms with Crippen molar-refractivity contribution in [1.29, 1.82) is 0 Å². The van der Waals surface area contributed by atoms with Crippen molar-refractivity contribution < 1.29 is 19.1 Å². The Bertz CT molecular complexity index is 1300. The maximum atomic E-state index is 14.7. The minimum Gasteiger partial charge on any atom is -0.481 e. The number of nitrogens with one attached hydrogen (secondary N) is 2. The largest absolute Gasteiger partial charge is 0.481 e. The minimum atomic E-state index is -0.852. The summed E-state index contributed by atoms with van der Waals surface area (Å²) in [5.41, 5.74) is 4.72. The first kappa shape index (κ1) is 22.3. The fourth-order valence-electron chi connectivity index (χ4n) is 4.05. The molecule has 0 aliphatic carbocycles. The Morgan fingerprint density at radius 2 is 1.85 bits per heavy atom. The van der Waals surface area contributed by atoms with Crippen LogP contribution in [-0.2, 0) is 22.4 Å². The molecule has 5 nitrogen and oxygen atoms in total. The molecule has 1 amide bonds. The van der Waals surface area contributed by atoms with Gasteiger partial charge in [-0.15, -0.1) is 0 Å². The molecule has 33 heavy (non-hydrogen) atoms. The quantitative estimate of drug-likeness (QED) is 0.354. The van der Waals surface area contributed by atoms with E-state index in [-0.39, 0.29) is 24.6 Å². The Balaban J connectivity index is 1.57. The Morgan fingerprint density at radius 3 is 2.61 bits per heavy atom. The maximum Gasteiger partial charge on any atom is 0.303 e. The number of fused-ring (bicyclic) bond motifs is 1. The molecule has 0 radical (unpaired) electrons. The number of amides is 1. The molecule has 3 N–H and O–H groups in total. The summed E-state index contributed by atoms with van der Waals surface area (Å²) in [5.74, 6) is -1.45. The second kappa shape index (κ2) is 9.69. The van der Waals surface area contributed by atoms with Crippen LogP contribution in [0, 0.1) is 12.7 Å².